The monoisotopic (exact) mass is 337 g/mol. The summed E-state index contributed by atoms with van der Waals surface area (Å²) < 4.78 is 28.8. The largest absolute Gasteiger partial charge is 0.460 e. The lowest BCUT2D eigenvalue weighted by atomic mass is 10.2. The van der Waals surface area contributed by atoms with E-state index in [9.17, 15) is 13.2 Å². The van der Waals surface area contributed by atoms with Crippen molar-refractivity contribution in [3.63, 3.8) is 0 Å². The number of sulfone groups is 1. The van der Waals surface area contributed by atoms with E-state index in [4.69, 9.17) is 4.42 Å². The Morgan fingerprint density at radius 2 is 2.26 bits per heavy atom. The molecule has 1 aliphatic heterocycles. The Morgan fingerprint density at radius 3 is 2.83 bits per heavy atom. The van der Waals surface area contributed by atoms with Crippen molar-refractivity contribution in [2.24, 2.45) is 0 Å². The number of nitrogens with one attached hydrogen (secondary N) is 1. The van der Waals surface area contributed by atoms with Gasteiger partial charge in [0, 0.05) is 18.7 Å². The van der Waals surface area contributed by atoms with Gasteiger partial charge in [-0.1, -0.05) is 0 Å². The first-order valence-corrected chi connectivity index (χ1v) is 9.35. The molecule has 1 amide bonds. The number of carbonyl (C=O) groups is 1. The second kappa shape index (κ2) is 5.84. The van der Waals surface area contributed by atoms with Gasteiger partial charge in [0.15, 0.2) is 21.3 Å². The molecule has 8 heteroatoms. The maximum atomic E-state index is 12.6. The number of hydrogen-bond donors (Lipinski definition) is 1. The van der Waals surface area contributed by atoms with Crippen LogP contribution < -0.4 is 0 Å². The quantitative estimate of drug-likeness (QED) is 0.914. The molecule has 3 heterocycles. The number of aromatic amines is 1. The van der Waals surface area contributed by atoms with Gasteiger partial charge in [0.2, 0.25) is 0 Å². The van der Waals surface area contributed by atoms with Gasteiger partial charge in [-0.05, 0) is 32.4 Å². The summed E-state index contributed by atoms with van der Waals surface area (Å²) in [7, 11) is -3.04. The fourth-order valence-electron chi connectivity index (χ4n) is 2.87. The minimum Gasteiger partial charge on any atom is -0.460 e. The lowest BCUT2D eigenvalue weighted by Crippen LogP contribution is -2.41. The van der Waals surface area contributed by atoms with Gasteiger partial charge in [0.05, 0.1) is 11.5 Å². The fraction of sp³-hybridized carbons (Fsp3) is 0.467. The summed E-state index contributed by atoms with van der Waals surface area (Å²) in [6.07, 6.45) is 0.483. The van der Waals surface area contributed by atoms with Crippen LogP contribution in [0.3, 0.4) is 0 Å². The highest BCUT2D eigenvalue weighted by Gasteiger charge is 2.34. The van der Waals surface area contributed by atoms with Crippen molar-refractivity contribution < 1.29 is 17.6 Å². The highest BCUT2D eigenvalue weighted by molar-refractivity contribution is 7.91. The van der Waals surface area contributed by atoms with Crippen molar-refractivity contribution >= 4 is 15.7 Å². The zero-order valence-electron chi connectivity index (χ0n) is 13.1. The van der Waals surface area contributed by atoms with Crippen LogP contribution >= 0.6 is 0 Å². The zero-order chi connectivity index (χ0) is 16.6. The van der Waals surface area contributed by atoms with E-state index >= 15 is 0 Å². The van der Waals surface area contributed by atoms with E-state index in [0.717, 1.165) is 5.76 Å². The Labute approximate surface area is 134 Å². The highest BCUT2D eigenvalue weighted by Crippen LogP contribution is 2.23. The van der Waals surface area contributed by atoms with Crippen molar-refractivity contribution in [1.29, 1.82) is 0 Å². The molecule has 1 saturated heterocycles. The smallest absolute Gasteiger partial charge is 0.274 e. The number of aryl methyl sites for hydroxylation is 1. The van der Waals surface area contributed by atoms with Gasteiger partial charge in [-0.2, -0.15) is 5.10 Å². The molecule has 2 aromatic heterocycles. The normalized spacial score (nSPS) is 19.8. The Balaban J connectivity index is 1.80. The van der Waals surface area contributed by atoms with Gasteiger partial charge in [-0.15, -0.1) is 0 Å². The van der Waals surface area contributed by atoms with Gasteiger partial charge in [0.25, 0.3) is 5.91 Å². The fourth-order valence-corrected chi connectivity index (χ4v) is 4.60. The summed E-state index contributed by atoms with van der Waals surface area (Å²) in [5.41, 5.74) is 0.886. The Bertz CT molecular complexity index is 821. The van der Waals surface area contributed by atoms with Gasteiger partial charge in [-0.3, -0.25) is 9.89 Å². The molecule has 1 aliphatic rings. The SMILES string of the molecule is CCN(C(=O)c1cc(-c2ccc(C)o2)[nH]n1)[C@@H]1CCS(=O)(=O)C1. The van der Waals surface area contributed by atoms with E-state index in [1.165, 1.54) is 0 Å². The molecule has 0 aliphatic carbocycles. The molecule has 0 bridgehead atoms. The lowest BCUT2D eigenvalue weighted by Gasteiger charge is -2.25. The van der Waals surface area contributed by atoms with E-state index in [2.05, 4.69) is 10.2 Å². The summed E-state index contributed by atoms with van der Waals surface area (Å²) in [6, 6.07) is 4.99. The maximum absolute atomic E-state index is 12.6. The summed E-state index contributed by atoms with van der Waals surface area (Å²) in [5, 5.41) is 6.85. The van der Waals surface area contributed by atoms with E-state index < -0.39 is 9.84 Å². The molecule has 0 unspecified atom stereocenters. The number of aromatic nitrogens is 2. The number of furan rings is 1. The molecule has 23 heavy (non-hydrogen) atoms. The van der Waals surface area contributed by atoms with Crippen molar-refractivity contribution in [2.45, 2.75) is 26.3 Å². The minimum absolute atomic E-state index is 0.0290. The Kier molecular flexibility index (Phi) is 4.01. The maximum Gasteiger partial charge on any atom is 0.274 e. The van der Waals surface area contributed by atoms with Gasteiger partial charge in [-0.25, -0.2) is 8.42 Å². The van der Waals surface area contributed by atoms with Crippen LogP contribution in [0.5, 0.6) is 0 Å². The standard InChI is InChI=1S/C15H19N3O4S/c1-3-18(11-6-7-23(20,21)9-11)15(19)13-8-12(16-17-13)14-5-4-10(2)22-14/h4-5,8,11H,3,6-7,9H2,1-2H3,(H,16,17)/t11-/m1/s1. The zero-order valence-corrected chi connectivity index (χ0v) is 13.9. The van der Waals surface area contributed by atoms with Crippen molar-refractivity contribution in [3.8, 4) is 11.5 Å². The first-order chi connectivity index (χ1) is 10.9. The third-order valence-electron chi connectivity index (χ3n) is 4.05. The van der Waals surface area contributed by atoms with Crippen LogP contribution in [-0.4, -0.2) is 53.5 Å². The second-order valence-electron chi connectivity index (χ2n) is 5.73. The molecule has 0 aromatic carbocycles. The molecule has 1 N–H and O–H groups in total. The first-order valence-electron chi connectivity index (χ1n) is 7.53. The van der Waals surface area contributed by atoms with Crippen LogP contribution in [0.1, 0.15) is 29.6 Å². The van der Waals surface area contributed by atoms with Gasteiger partial charge >= 0.3 is 0 Å². The molecule has 1 fully saturated rings. The Morgan fingerprint density at radius 1 is 1.48 bits per heavy atom. The first kappa shape index (κ1) is 15.8. The number of nitrogens with zero attached hydrogens (tertiary/aromatic N) is 2. The Hall–Kier alpha value is -2.09. The second-order valence-corrected chi connectivity index (χ2v) is 7.95. The average molecular weight is 337 g/mol. The van der Waals surface area contributed by atoms with Crippen LogP contribution in [0.25, 0.3) is 11.5 Å². The molecule has 124 valence electrons. The number of rotatable bonds is 4. The lowest BCUT2D eigenvalue weighted by molar-refractivity contribution is 0.0702. The topological polar surface area (TPSA) is 96.3 Å². The van der Waals surface area contributed by atoms with Crippen molar-refractivity contribution in [1.82, 2.24) is 15.1 Å². The van der Waals surface area contributed by atoms with Gasteiger partial charge in [0.1, 0.15) is 11.5 Å². The van der Waals surface area contributed by atoms with Crippen LogP contribution in [0, 0.1) is 6.92 Å². The molecule has 2 aromatic rings. The van der Waals surface area contributed by atoms with E-state index in [0.29, 0.717) is 24.4 Å². The average Bonchev–Trinajstić information content (AvgIpc) is 3.19. The van der Waals surface area contributed by atoms with Crippen molar-refractivity contribution in [2.75, 3.05) is 18.1 Å². The van der Waals surface area contributed by atoms with E-state index in [-0.39, 0.29) is 29.1 Å². The molecular formula is C15H19N3O4S. The van der Waals surface area contributed by atoms with E-state index in [1.54, 1.807) is 17.0 Å². The predicted molar refractivity (Wildman–Crippen MR) is 84.8 cm³/mol. The molecule has 0 saturated carbocycles. The third kappa shape index (κ3) is 3.17. The van der Waals surface area contributed by atoms with E-state index in [1.807, 2.05) is 19.9 Å². The molecule has 0 radical (unpaired) electrons. The minimum atomic E-state index is -3.04. The molecule has 7 nitrogen and oxygen atoms in total. The third-order valence-corrected chi connectivity index (χ3v) is 5.80. The summed E-state index contributed by atoms with van der Waals surface area (Å²) in [6.45, 7) is 4.12. The number of amides is 1. The summed E-state index contributed by atoms with van der Waals surface area (Å²) >= 11 is 0. The van der Waals surface area contributed by atoms with Crippen LogP contribution in [-0.2, 0) is 9.84 Å². The van der Waals surface area contributed by atoms with Gasteiger partial charge < -0.3 is 9.32 Å². The summed E-state index contributed by atoms with van der Waals surface area (Å²) in [4.78, 5) is 14.2. The number of carbonyl (C=O) groups excluding carboxylic acids is 1. The molecule has 3 rings (SSSR count). The molecule has 1 atom stereocenters. The predicted octanol–water partition coefficient (Wildman–Crippen LogP) is 1.63. The summed E-state index contributed by atoms with van der Waals surface area (Å²) in [5.74, 6) is 1.29. The number of H-pyrrole nitrogens is 1. The van der Waals surface area contributed by atoms with Crippen LogP contribution in [0.4, 0.5) is 0 Å². The highest BCUT2D eigenvalue weighted by atomic mass is 32.2. The van der Waals surface area contributed by atoms with Crippen LogP contribution in [0.15, 0.2) is 22.6 Å². The molecular weight excluding hydrogens is 318 g/mol. The van der Waals surface area contributed by atoms with Crippen LogP contribution in [0.2, 0.25) is 0 Å². The number of hydrogen-bond acceptors (Lipinski definition) is 5. The van der Waals surface area contributed by atoms with Crippen molar-refractivity contribution in [3.05, 3.63) is 29.7 Å². The molecule has 0 spiro atoms.